The molecule has 2 atom stereocenters. The lowest BCUT2D eigenvalue weighted by Crippen LogP contribution is -2.44. The molecule has 0 aliphatic carbocycles. The molecule has 3 nitrogen and oxygen atoms in total. The van der Waals surface area contributed by atoms with Crippen molar-refractivity contribution in [2.24, 2.45) is 11.0 Å². The Morgan fingerprint density at radius 2 is 1.52 bits per heavy atom. The van der Waals surface area contributed by atoms with Crippen LogP contribution in [0.2, 0.25) is 0 Å². The topological polar surface area (TPSA) is 18.8 Å². The van der Waals surface area contributed by atoms with Crippen LogP contribution in [-0.4, -0.2) is 42.3 Å². The zero-order valence-corrected chi connectivity index (χ0v) is 18.1. The molecule has 0 radical (unpaired) electrons. The molecule has 0 spiro atoms. The lowest BCUT2D eigenvalue weighted by Gasteiger charge is -2.36. The molecule has 0 N–H and O–H groups in total. The minimum absolute atomic E-state index is 0.287. The van der Waals surface area contributed by atoms with Gasteiger partial charge in [-0.05, 0) is 34.8 Å². The first kappa shape index (κ1) is 19.8. The van der Waals surface area contributed by atoms with Gasteiger partial charge in [-0.25, -0.2) is 0 Å². The molecule has 5 rings (SSSR count). The summed E-state index contributed by atoms with van der Waals surface area (Å²) in [6.07, 6.45) is 3.41. The van der Waals surface area contributed by atoms with Crippen molar-refractivity contribution in [1.29, 1.82) is 0 Å². The van der Waals surface area contributed by atoms with E-state index in [0.717, 1.165) is 26.1 Å². The summed E-state index contributed by atoms with van der Waals surface area (Å²) in [6.45, 7) is 3.05. The Balaban J connectivity index is 1.45. The summed E-state index contributed by atoms with van der Waals surface area (Å²) in [5.74, 6) is 0.381. The molecule has 3 aromatic carbocycles. The molecular formula is C28H29N3. The van der Waals surface area contributed by atoms with Gasteiger partial charge in [-0.2, -0.15) is 5.10 Å². The zero-order valence-electron chi connectivity index (χ0n) is 18.1. The minimum Gasteiger partial charge on any atom is -0.298 e. The predicted molar refractivity (Wildman–Crippen MR) is 129 cm³/mol. The van der Waals surface area contributed by atoms with E-state index in [9.17, 15) is 0 Å². The van der Waals surface area contributed by atoms with Gasteiger partial charge in [0.2, 0.25) is 0 Å². The zero-order chi connectivity index (χ0) is 21.0. The Labute approximate surface area is 185 Å². The van der Waals surface area contributed by atoms with E-state index in [1.54, 1.807) is 0 Å². The minimum atomic E-state index is 0.287. The number of piperidine rings is 1. The van der Waals surface area contributed by atoms with Crippen molar-refractivity contribution < 1.29 is 0 Å². The fourth-order valence-electron chi connectivity index (χ4n) is 4.94. The summed E-state index contributed by atoms with van der Waals surface area (Å²) >= 11 is 0. The molecule has 0 bridgehead atoms. The predicted octanol–water partition coefficient (Wildman–Crippen LogP) is 5.29. The summed E-state index contributed by atoms with van der Waals surface area (Å²) in [4.78, 5) is 2.61. The smallest absolute Gasteiger partial charge is 0.0813 e. The van der Waals surface area contributed by atoms with Gasteiger partial charge >= 0.3 is 0 Å². The summed E-state index contributed by atoms with van der Waals surface area (Å²) in [7, 11) is 2.12. The monoisotopic (exact) mass is 407 g/mol. The van der Waals surface area contributed by atoms with Crippen molar-refractivity contribution >= 4 is 11.8 Å². The molecule has 0 saturated carbocycles. The standard InChI is InChI=1S/C28H29N3/c1-30-28(24-15-9-4-10-16-24)26-21-31(18-17-22-11-5-2-6-12-22)20-25(27(26)29-30)19-23-13-7-3-8-14-23/h2-16,19,26,28H,17-18,20-21H2,1H3/b25-19+. The first-order valence-corrected chi connectivity index (χ1v) is 11.2. The normalized spacial score (nSPS) is 22.4. The number of fused-ring (bicyclic) bond motifs is 1. The molecule has 156 valence electrons. The van der Waals surface area contributed by atoms with Crippen LogP contribution in [0, 0.1) is 5.92 Å². The second-order valence-corrected chi connectivity index (χ2v) is 8.57. The molecule has 3 heteroatoms. The van der Waals surface area contributed by atoms with Crippen molar-refractivity contribution in [1.82, 2.24) is 9.91 Å². The molecule has 31 heavy (non-hydrogen) atoms. The van der Waals surface area contributed by atoms with Gasteiger partial charge in [0, 0.05) is 32.6 Å². The third kappa shape index (κ3) is 4.33. The average molecular weight is 408 g/mol. The summed E-state index contributed by atoms with van der Waals surface area (Å²) in [5.41, 5.74) is 6.60. The Morgan fingerprint density at radius 1 is 0.871 bits per heavy atom. The summed E-state index contributed by atoms with van der Waals surface area (Å²) in [6, 6.07) is 32.6. The SMILES string of the molecule is CN1N=C2/C(=C/c3ccccc3)CN(CCc3ccccc3)CC2C1c1ccccc1. The third-order valence-electron chi connectivity index (χ3n) is 6.42. The molecule has 2 aliphatic rings. The van der Waals surface area contributed by atoms with Crippen LogP contribution in [0.15, 0.2) is 102 Å². The molecule has 2 unspecified atom stereocenters. The second-order valence-electron chi connectivity index (χ2n) is 8.57. The van der Waals surface area contributed by atoms with E-state index >= 15 is 0 Å². The van der Waals surface area contributed by atoms with Crippen LogP contribution >= 0.6 is 0 Å². The highest BCUT2D eigenvalue weighted by atomic mass is 15.5. The Kier molecular flexibility index (Phi) is 5.68. The second kappa shape index (κ2) is 8.91. The number of nitrogens with zero attached hydrogens (tertiary/aromatic N) is 3. The highest BCUT2D eigenvalue weighted by Crippen LogP contribution is 2.39. The molecule has 0 amide bonds. The average Bonchev–Trinajstić information content (AvgIpc) is 3.16. The fraction of sp³-hybridized carbons (Fsp3) is 0.250. The number of hydrogen-bond donors (Lipinski definition) is 0. The van der Waals surface area contributed by atoms with Crippen molar-refractivity contribution in [3.8, 4) is 0 Å². The third-order valence-corrected chi connectivity index (χ3v) is 6.42. The lowest BCUT2D eigenvalue weighted by molar-refractivity contribution is 0.195. The molecule has 1 saturated heterocycles. The van der Waals surface area contributed by atoms with Crippen LogP contribution in [0.4, 0.5) is 0 Å². The first-order chi connectivity index (χ1) is 15.3. The van der Waals surface area contributed by atoms with Gasteiger partial charge in [0.05, 0.1) is 11.8 Å². The number of hydrogen-bond acceptors (Lipinski definition) is 3. The summed E-state index contributed by atoms with van der Waals surface area (Å²) < 4.78 is 0. The van der Waals surface area contributed by atoms with Gasteiger partial charge in [-0.15, -0.1) is 0 Å². The van der Waals surface area contributed by atoms with E-state index in [1.807, 2.05) is 0 Å². The van der Waals surface area contributed by atoms with Gasteiger partial charge in [0.15, 0.2) is 0 Å². The number of benzene rings is 3. The number of hydrazone groups is 1. The Bertz CT molecular complexity index is 1060. The van der Waals surface area contributed by atoms with E-state index in [1.165, 1.54) is 28.0 Å². The highest BCUT2D eigenvalue weighted by Gasteiger charge is 2.41. The maximum atomic E-state index is 5.05. The molecule has 0 aromatic heterocycles. The molecule has 2 aliphatic heterocycles. The van der Waals surface area contributed by atoms with Gasteiger partial charge in [0.25, 0.3) is 0 Å². The van der Waals surface area contributed by atoms with Crippen molar-refractivity contribution in [3.05, 3.63) is 113 Å². The van der Waals surface area contributed by atoms with E-state index < -0.39 is 0 Å². The van der Waals surface area contributed by atoms with Gasteiger partial charge in [-0.1, -0.05) is 91.0 Å². The highest BCUT2D eigenvalue weighted by molar-refractivity contribution is 6.07. The molecule has 1 fully saturated rings. The van der Waals surface area contributed by atoms with Gasteiger partial charge < -0.3 is 0 Å². The number of rotatable bonds is 5. The largest absolute Gasteiger partial charge is 0.298 e. The maximum absolute atomic E-state index is 5.05. The van der Waals surface area contributed by atoms with Crippen LogP contribution < -0.4 is 0 Å². The fourth-order valence-corrected chi connectivity index (χ4v) is 4.94. The first-order valence-electron chi connectivity index (χ1n) is 11.2. The Morgan fingerprint density at radius 3 is 2.23 bits per heavy atom. The van der Waals surface area contributed by atoms with E-state index in [-0.39, 0.29) is 6.04 Å². The van der Waals surface area contributed by atoms with Crippen LogP contribution in [0.1, 0.15) is 22.7 Å². The quantitative estimate of drug-likeness (QED) is 0.572. The molecule has 3 aromatic rings. The van der Waals surface area contributed by atoms with Gasteiger partial charge in [0.1, 0.15) is 0 Å². The van der Waals surface area contributed by atoms with E-state index in [0.29, 0.717) is 5.92 Å². The van der Waals surface area contributed by atoms with Crippen LogP contribution in [0.25, 0.3) is 6.08 Å². The van der Waals surface area contributed by atoms with Crippen LogP contribution in [0.3, 0.4) is 0 Å². The molecule has 2 heterocycles. The van der Waals surface area contributed by atoms with E-state index in [2.05, 4.69) is 114 Å². The number of likely N-dealkylation sites (tertiary alicyclic amines) is 1. The van der Waals surface area contributed by atoms with Crippen molar-refractivity contribution in [2.75, 3.05) is 26.7 Å². The van der Waals surface area contributed by atoms with Crippen LogP contribution in [0.5, 0.6) is 0 Å². The lowest BCUT2D eigenvalue weighted by atomic mass is 9.83. The maximum Gasteiger partial charge on any atom is 0.0813 e. The van der Waals surface area contributed by atoms with Crippen molar-refractivity contribution in [2.45, 2.75) is 12.5 Å². The van der Waals surface area contributed by atoms with Crippen LogP contribution in [-0.2, 0) is 6.42 Å². The summed E-state index contributed by atoms with van der Waals surface area (Å²) in [5, 5.41) is 7.23. The van der Waals surface area contributed by atoms with E-state index in [4.69, 9.17) is 5.10 Å². The Hall–Kier alpha value is -3.17. The molecular weight excluding hydrogens is 378 g/mol. The van der Waals surface area contributed by atoms with Crippen molar-refractivity contribution in [3.63, 3.8) is 0 Å². The van der Waals surface area contributed by atoms with Gasteiger partial charge in [-0.3, -0.25) is 9.91 Å².